The second kappa shape index (κ2) is 8.91. The summed E-state index contributed by atoms with van der Waals surface area (Å²) in [5.41, 5.74) is 2.38. The summed E-state index contributed by atoms with van der Waals surface area (Å²) in [5, 5.41) is 11.5. The van der Waals surface area contributed by atoms with Crippen LogP contribution in [0.3, 0.4) is 0 Å². The minimum atomic E-state index is -0.181. The van der Waals surface area contributed by atoms with Crippen LogP contribution in [0.25, 0.3) is 0 Å². The molecule has 2 aromatic carbocycles. The molecule has 1 saturated heterocycles. The maximum absolute atomic E-state index is 12.7. The zero-order chi connectivity index (χ0) is 21.9. The van der Waals surface area contributed by atoms with Crippen LogP contribution in [0.1, 0.15) is 51.6 Å². The van der Waals surface area contributed by atoms with E-state index in [0.717, 1.165) is 43.7 Å². The first-order valence-electron chi connectivity index (χ1n) is 11.2. The highest BCUT2D eigenvalue weighted by Crippen LogP contribution is 2.40. The number of carbonyl (C=O) groups excluding carboxylic acids is 2. The van der Waals surface area contributed by atoms with Gasteiger partial charge >= 0.3 is 0 Å². The minimum Gasteiger partial charge on any atom is -0.355 e. The summed E-state index contributed by atoms with van der Waals surface area (Å²) in [6.45, 7) is 1.51. The van der Waals surface area contributed by atoms with Gasteiger partial charge in [0.1, 0.15) is 0 Å². The Morgan fingerprint density at radius 2 is 1.53 bits per heavy atom. The molecule has 0 radical (unpaired) electrons. The lowest BCUT2D eigenvalue weighted by Crippen LogP contribution is -2.37. The average molecular weight is 427 g/mol. The molecule has 1 amide bonds. The van der Waals surface area contributed by atoms with Gasteiger partial charge in [-0.05, 0) is 37.0 Å². The molecule has 2 heterocycles. The molecular formula is C26H26N4O2. The van der Waals surface area contributed by atoms with Gasteiger partial charge in [0, 0.05) is 36.5 Å². The monoisotopic (exact) mass is 426 g/mol. The molecule has 1 aliphatic heterocycles. The number of aromatic nitrogens is 2. The van der Waals surface area contributed by atoms with Crippen molar-refractivity contribution in [3.05, 3.63) is 89.6 Å². The fourth-order valence-electron chi connectivity index (χ4n) is 4.49. The summed E-state index contributed by atoms with van der Waals surface area (Å²) in [6.07, 6.45) is 2.54. The molecule has 5 rings (SSSR count). The van der Waals surface area contributed by atoms with Gasteiger partial charge in [-0.25, -0.2) is 0 Å². The van der Waals surface area contributed by atoms with Crippen molar-refractivity contribution in [2.24, 2.45) is 5.92 Å². The fraction of sp³-hybridized carbons (Fsp3) is 0.308. The van der Waals surface area contributed by atoms with E-state index >= 15 is 0 Å². The maximum atomic E-state index is 12.7. The molecule has 6 heteroatoms. The van der Waals surface area contributed by atoms with Gasteiger partial charge in [0.2, 0.25) is 0 Å². The Balaban J connectivity index is 1.14. The number of nitrogens with one attached hydrogen (secondary N) is 1. The summed E-state index contributed by atoms with van der Waals surface area (Å²) in [4.78, 5) is 27.4. The van der Waals surface area contributed by atoms with Gasteiger partial charge in [0.25, 0.3) is 5.91 Å². The zero-order valence-electron chi connectivity index (χ0n) is 17.9. The van der Waals surface area contributed by atoms with Crippen LogP contribution in [0.2, 0.25) is 0 Å². The highest BCUT2D eigenvalue weighted by Gasteiger charge is 2.39. The first kappa shape index (κ1) is 20.4. The Bertz CT molecular complexity index is 1080. The lowest BCUT2D eigenvalue weighted by molar-refractivity contribution is 0.0898. The van der Waals surface area contributed by atoms with E-state index in [1.54, 1.807) is 6.07 Å². The molecule has 1 N–H and O–H groups in total. The maximum Gasteiger partial charge on any atom is 0.272 e. The van der Waals surface area contributed by atoms with E-state index in [0.29, 0.717) is 11.6 Å². The van der Waals surface area contributed by atoms with Crippen LogP contribution in [-0.4, -0.2) is 41.0 Å². The number of hydrogen-bond acceptors (Lipinski definition) is 5. The quantitative estimate of drug-likeness (QED) is 0.606. The third kappa shape index (κ3) is 4.40. The molecule has 2 unspecified atom stereocenters. The summed E-state index contributed by atoms with van der Waals surface area (Å²) >= 11 is 0. The zero-order valence-corrected chi connectivity index (χ0v) is 17.9. The Morgan fingerprint density at radius 3 is 2.19 bits per heavy atom. The number of nitrogens with zero attached hydrogens (tertiary/aromatic N) is 3. The van der Waals surface area contributed by atoms with E-state index < -0.39 is 0 Å². The van der Waals surface area contributed by atoms with Crippen molar-refractivity contribution >= 4 is 17.5 Å². The van der Waals surface area contributed by atoms with Gasteiger partial charge in [-0.15, -0.1) is 10.2 Å². The number of hydrogen-bond donors (Lipinski definition) is 1. The molecule has 1 aromatic heterocycles. The largest absolute Gasteiger partial charge is 0.355 e. The third-order valence-electron chi connectivity index (χ3n) is 6.47. The van der Waals surface area contributed by atoms with Crippen LogP contribution in [0, 0.1) is 5.92 Å². The first-order valence-corrected chi connectivity index (χ1v) is 11.2. The van der Waals surface area contributed by atoms with Gasteiger partial charge in [-0.1, -0.05) is 60.7 Å². The van der Waals surface area contributed by atoms with Crippen molar-refractivity contribution in [2.75, 3.05) is 18.0 Å². The first-order chi connectivity index (χ1) is 15.7. The molecule has 1 saturated carbocycles. The number of rotatable bonds is 6. The molecule has 6 nitrogen and oxygen atoms in total. The number of piperidine rings is 1. The fourth-order valence-corrected chi connectivity index (χ4v) is 4.49. The molecule has 0 bridgehead atoms. The van der Waals surface area contributed by atoms with E-state index in [2.05, 4.69) is 32.5 Å². The van der Waals surface area contributed by atoms with Crippen LogP contribution < -0.4 is 10.2 Å². The summed E-state index contributed by atoms with van der Waals surface area (Å²) in [5.74, 6) is 1.22. The molecule has 3 aromatic rings. The van der Waals surface area contributed by atoms with Crippen LogP contribution >= 0.6 is 0 Å². The standard InChI is InChI=1S/C26H26N4O2/c31-25(19-9-5-2-6-10-19)20-13-15-30(16-14-20)24-12-11-22(28-29-24)26(32)27-23-17-21(23)18-7-3-1-4-8-18/h1-12,20-21,23H,13-17H2,(H,27,32). The normalized spacial score (nSPS) is 20.6. The highest BCUT2D eigenvalue weighted by molar-refractivity contribution is 5.98. The predicted molar refractivity (Wildman–Crippen MR) is 123 cm³/mol. The molecule has 2 fully saturated rings. The number of carbonyl (C=O) groups is 2. The molecule has 2 aliphatic rings. The van der Waals surface area contributed by atoms with Crippen LogP contribution in [0.4, 0.5) is 5.82 Å². The molecule has 162 valence electrons. The predicted octanol–water partition coefficient (Wildman–Crippen LogP) is 3.86. The number of anilines is 1. The summed E-state index contributed by atoms with van der Waals surface area (Å²) in [6, 6.07) is 23.5. The van der Waals surface area contributed by atoms with Crippen molar-refractivity contribution in [3.63, 3.8) is 0 Å². The molecule has 1 aliphatic carbocycles. The minimum absolute atomic E-state index is 0.0442. The van der Waals surface area contributed by atoms with Gasteiger partial charge in [0.15, 0.2) is 17.3 Å². The Labute approximate surface area is 187 Å². The van der Waals surface area contributed by atoms with Gasteiger partial charge in [-0.3, -0.25) is 9.59 Å². The van der Waals surface area contributed by atoms with Crippen molar-refractivity contribution in [2.45, 2.75) is 31.2 Å². The van der Waals surface area contributed by atoms with Crippen molar-refractivity contribution in [1.82, 2.24) is 15.5 Å². The van der Waals surface area contributed by atoms with Gasteiger partial charge in [-0.2, -0.15) is 0 Å². The van der Waals surface area contributed by atoms with Crippen LogP contribution in [-0.2, 0) is 0 Å². The topological polar surface area (TPSA) is 75.2 Å². The van der Waals surface area contributed by atoms with Gasteiger partial charge < -0.3 is 10.2 Å². The SMILES string of the molecule is O=C(NC1CC1c1ccccc1)c1ccc(N2CCC(C(=O)c3ccccc3)CC2)nn1. The smallest absolute Gasteiger partial charge is 0.272 e. The molecule has 2 atom stereocenters. The van der Waals surface area contributed by atoms with E-state index in [1.165, 1.54) is 5.56 Å². The lowest BCUT2D eigenvalue weighted by Gasteiger charge is -2.31. The Morgan fingerprint density at radius 1 is 0.844 bits per heavy atom. The Kier molecular flexibility index (Phi) is 5.67. The molecule has 0 spiro atoms. The lowest BCUT2D eigenvalue weighted by atomic mass is 9.89. The number of amides is 1. The van der Waals surface area contributed by atoms with Crippen molar-refractivity contribution in [3.8, 4) is 0 Å². The average Bonchev–Trinajstić information content (AvgIpc) is 3.64. The number of ketones is 1. The number of Topliss-reactive ketones (excluding diaryl/α,β-unsaturated/α-hetero) is 1. The van der Waals surface area contributed by atoms with E-state index in [-0.39, 0.29) is 23.7 Å². The number of benzene rings is 2. The summed E-state index contributed by atoms with van der Waals surface area (Å²) < 4.78 is 0. The highest BCUT2D eigenvalue weighted by atomic mass is 16.2. The molecule has 32 heavy (non-hydrogen) atoms. The van der Waals surface area contributed by atoms with E-state index in [1.807, 2.05) is 54.6 Å². The molecular weight excluding hydrogens is 400 g/mol. The van der Waals surface area contributed by atoms with Crippen LogP contribution in [0.15, 0.2) is 72.8 Å². The van der Waals surface area contributed by atoms with Crippen LogP contribution in [0.5, 0.6) is 0 Å². The van der Waals surface area contributed by atoms with E-state index in [9.17, 15) is 9.59 Å². The summed E-state index contributed by atoms with van der Waals surface area (Å²) in [7, 11) is 0. The van der Waals surface area contributed by atoms with Crippen molar-refractivity contribution < 1.29 is 9.59 Å². The second-order valence-corrected chi connectivity index (χ2v) is 8.60. The van der Waals surface area contributed by atoms with Crippen molar-refractivity contribution in [1.29, 1.82) is 0 Å². The Hall–Kier alpha value is -3.54. The van der Waals surface area contributed by atoms with E-state index in [4.69, 9.17) is 0 Å². The second-order valence-electron chi connectivity index (χ2n) is 8.60. The third-order valence-corrected chi connectivity index (χ3v) is 6.47. The van der Waals surface area contributed by atoms with Gasteiger partial charge in [0.05, 0.1) is 0 Å².